The first kappa shape index (κ1) is 12.8. The number of hydrogen-bond acceptors (Lipinski definition) is 2. The Kier molecular flexibility index (Phi) is 3.82. The van der Waals surface area contributed by atoms with Crippen molar-refractivity contribution in [3.05, 3.63) is 63.6 Å². The van der Waals surface area contributed by atoms with Gasteiger partial charge in [0.25, 0.3) is 0 Å². The molecular formula is C15H13BrO2. The van der Waals surface area contributed by atoms with Crippen molar-refractivity contribution >= 4 is 21.7 Å². The fourth-order valence-corrected chi connectivity index (χ4v) is 2.09. The molecule has 2 aromatic carbocycles. The Labute approximate surface area is 115 Å². The molecule has 2 aromatic rings. The van der Waals surface area contributed by atoms with E-state index in [1.54, 1.807) is 19.2 Å². The molecule has 0 spiro atoms. The molecule has 0 fully saturated rings. The van der Waals surface area contributed by atoms with E-state index in [2.05, 4.69) is 15.9 Å². The van der Waals surface area contributed by atoms with Crippen molar-refractivity contribution in [1.82, 2.24) is 0 Å². The minimum atomic E-state index is -0.0341. The van der Waals surface area contributed by atoms with Gasteiger partial charge in [0.1, 0.15) is 5.75 Å². The Bertz CT molecular complexity index is 577. The van der Waals surface area contributed by atoms with Gasteiger partial charge >= 0.3 is 0 Å². The van der Waals surface area contributed by atoms with E-state index < -0.39 is 0 Å². The van der Waals surface area contributed by atoms with Crippen LogP contribution in [-0.4, -0.2) is 12.9 Å². The summed E-state index contributed by atoms with van der Waals surface area (Å²) < 4.78 is 6.19. The third-order valence-electron chi connectivity index (χ3n) is 2.76. The highest BCUT2D eigenvalue weighted by atomic mass is 79.9. The number of ketones is 1. The monoisotopic (exact) mass is 304 g/mol. The van der Waals surface area contributed by atoms with E-state index in [-0.39, 0.29) is 5.78 Å². The number of aryl methyl sites for hydroxylation is 1. The van der Waals surface area contributed by atoms with E-state index in [9.17, 15) is 4.79 Å². The molecule has 3 heteroatoms. The fraction of sp³-hybridized carbons (Fsp3) is 0.133. The highest BCUT2D eigenvalue weighted by Gasteiger charge is 2.15. The molecule has 2 rings (SSSR count). The molecule has 92 valence electrons. The maximum Gasteiger partial charge on any atom is 0.196 e. The van der Waals surface area contributed by atoms with Crippen molar-refractivity contribution in [3.63, 3.8) is 0 Å². The molecule has 0 aromatic heterocycles. The molecule has 0 amide bonds. The molecule has 2 nitrogen and oxygen atoms in total. The van der Waals surface area contributed by atoms with E-state index in [0.29, 0.717) is 16.9 Å². The number of methoxy groups -OCH3 is 1. The van der Waals surface area contributed by atoms with Crippen LogP contribution < -0.4 is 4.74 Å². The van der Waals surface area contributed by atoms with Gasteiger partial charge in [-0.15, -0.1) is 0 Å². The number of halogens is 1. The number of hydrogen-bond donors (Lipinski definition) is 0. The molecule has 0 aliphatic carbocycles. The summed E-state index contributed by atoms with van der Waals surface area (Å²) in [5.41, 5.74) is 2.27. The van der Waals surface area contributed by atoms with Crippen molar-refractivity contribution < 1.29 is 9.53 Å². The van der Waals surface area contributed by atoms with Crippen molar-refractivity contribution in [2.24, 2.45) is 0 Å². The van der Waals surface area contributed by atoms with Gasteiger partial charge < -0.3 is 4.74 Å². The quantitative estimate of drug-likeness (QED) is 0.801. The number of carbonyl (C=O) groups is 1. The predicted octanol–water partition coefficient (Wildman–Crippen LogP) is 4.00. The van der Waals surface area contributed by atoms with Gasteiger partial charge in [0.15, 0.2) is 5.78 Å². The minimum Gasteiger partial charge on any atom is -0.496 e. The maximum atomic E-state index is 12.4. The van der Waals surface area contributed by atoms with E-state index in [1.165, 1.54) is 0 Å². The second-order valence-electron chi connectivity index (χ2n) is 4.00. The zero-order chi connectivity index (χ0) is 13.1. The van der Waals surface area contributed by atoms with Crippen LogP contribution in [0.1, 0.15) is 21.5 Å². The van der Waals surface area contributed by atoms with Crippen LogP contribution in [0.3, 0.4) is 0 Å². The molecule has 0 atom stereocenters. The minimum absolute atomic E-state index is 0.0341. The smallest absolute Gasteiger partial charge is 0.196 e. The molecule has 0 radical (unpaired) electrons. The van der Waals surface area contributed by atoms with Crippen LogP contribution in [0.25, 0.3) is 0 Å². The van der Waals surface area contributed by atoms with Crippen molar-refractivity contribution in [3.8, 4) is 5.75 Å². The normalized spacial score (nSPS) is 10.2. The summed E-state index contributed by atoms with van der Waals surface area (Å²) in [4.78, 5) is 12.4. The average molecular weight is 305 g/mol. The molecular weight excluding hydrogens is 292 g/mol. The first-order chi connectivity index (χ1) is 8.63. The first-order valence-corrected chi connectivity index (χ1v) is 6.36. The summed E-state index contributed by atoms with van der Waals surface area (Å²) in [6.07, 6.45) is 0. The molecule has 0 aliphatic rings. The lowest BCUT2D eigenvalue weighted by Crippen LogP contribution is -2.04. The Hall–Kier alpha value is -1.61. The largest absolute Gasteiger partial charge is 0.496 e. The third kappa shape index (κ3) is 2.46. The fourth-order valence-electron chi connectivity index (χ4n) is 1.75. The maximum absolute atomic E-state index is 12.4. The summed E-state index contributed by atoms with van der Waals surface area (Å²) in [5, 5.41) is 0. The molecule has 0 unspecified atom stereocenters. The lowest BCUT2D eigenvalue weighted by atomic mass is 10.0. The topological polar surface area (TPSA) is 26.3 Å². The van der Waals surface area contributed by atoms with Gasteiger partial charge in [-0.1, -0.05) is 46.3 Å². The van der Waals surface area contributed by atoms with E-state index in [1.807, 2.05) is 37.3 Å². The second kappa shape index (κ2) is 5.36. The number of rotatable bonds is 3. The lowest BCUT2D eigenvalue weighted by Gasteiger charge is -2.10. The molecule has 0 N–H and O–H groups in total. The van der Waals surface area contributed by atoms with Gasteiger partial charge in [-0.2, -0.15) is 0 Å². The summed E-state index contributed by atoms with van der Waals surface area (Å²) >= 11 is 3.44. The Morgan fingerprint density at radius 3 is 2.44 bits per heavy atom. The van der Waals surface area contributed by atoms with Gasteiger partial charge in [-0.05, 0) is 24.6 Å². The standard InChI is InChI=1S/C15H13BrO2/c1-10-8-14(18-2)12(9-13(10)16)15(17)11-6-4-3-5-7-11/h3-9H,1-2H3. The van der Waals surface area contributed by atoms with Crippen molar-refractivity contribution in [2.75, 3.05) is 7.11 Å². The summed E-state index contributed by atoms with van der Waals surface area (Å²) in [5.74, 6) is 0.567. The lowest BCUT2D eigenvalue weighted by molar-refractivity contribution is 0.103. The van der Waals surface area contributed by atoms with Gasteiger partial charge in [-0.3, -0.25) is 4.79 Å². The molecule has 0 heterocycles. The van der Waals surface area contributed by atoms with E-state index in [0.717, 1.165) is 10.0 Å². The van der Waals surface area contributed by atoms with Gasteiger partial charge in [-0.25, -0.2) is 0 Å². The predicted molar refractivity (Wildman–Crippen MR) is 75.3 cm³/mol. The van der Waals surface area contributed by atoms with E-state index in [4.69, 9.17) is 4.74 Å². The van der Waals surface area contributed by atoms with Crippen LogP contribution in [0.15, 0.2) is 46.9 Å². The van der Waals surface area contributed by atoms with Crippen LogP contribution >= 0.6 is 15.9 Å². The van der Waals surface area contributed by atoms with Crippen LogP contribution in [0.4, 0.5) is 0 Å². The first-order valence-electron chi connectivity index (χ1n) is 5.57. The van der Waals surface area contributed by atoms with Gasteiger partial charge in [0, 0.05) is 10.0 Å². The number of benzene rings is 2. The zero-order valence-electron chi connectivity index (χ0n) is 10.2. The highest BCUT2D eigenvalue weighted by molar-refractivity contribution is 9.10. The molecule has 18 heavy (non-hydrogen) atoms. The zero-order valence-corrected chi connectivity index (χ0v) is 11.8. The number of carbonyl (C=O) groups excluding carboxylic acids is 1. The SMILES string of the molecule is COc1cc(C)c(Br)cc1C(=O)c1ccccc1. The van der Waals surface area contributed by atoms with Crippen molar-refractivity contribution in [1.29, 1.82) is 0 Å². The van der Waals surface area contributed by atoms with Gasteiger partial charge in [0.2, 0.25) is 0 Å². The van der Waals surface area contributed by atoms with Crippen molar-refractivity contribution in [2.45, 2.75) is 6.92 Å². The van der Waals surface area contributed by atoms with Gasteiger partial charge in [0.05, 0.1) is 12.7 Å². The van der Waals surface area contributed by atoms with E-state index >= 15 is 0 Å². The highest BCUT2D eigenvalue weighted by Crippen LogP contribution is 2.28. The Morgan fingerprint density at radius 1 is 1.17 bits per heavy atom. The Morgan fingerprint density at radius 2 is 1.83 bits per heavy atom. The molecule has 0 saturated carbocycles. The average Bonchev–Trinajstić information content (AvgIpc) is 2.41. The molecule has 0 bridgehead atoms. The summed E-state index contributed by atoms with van der Waals surface area (Å²) in [7, 11) is 1.57. The van der Waals surface area contributed by atoms with Crippen LogP contribution in [0.2, 0.25) is 0 Å². The second-order valence-corrected chi connectivity index (χ2v) is 4.85. The van der Waals surface area contributed by atoms with Crippen LogP contribution in [0.5, 0.6) is 5.75 Å². The third-order valence-corrected chi connectivity index (χ3v) is 3.62. The van der Waals surface area contributed by atoms with Crippen LogP contribution in [-0.2, 0) is 0 Å². The molecule has 0 aliphatic heterocycles. The summed E-state index contributed by atoms with van der Waals surface area (Å²) in [6, 6.07) is 12.9. The Balaban J connectivity index is 2.51. The molecule has 0 saturated heterocycles. The number of ether oxygens (including phenoxy) is 1. The summed E-state index contributed by atoms with van der Waals surface area (Å²) in [6.45, 7) is 1.96. The van der Waals surface area contributed by atoms with Crippen LogP contribution in [0, 0.1) is 6.92 Å².